The number of methoxy groups -OCH3 is 1. The third-order valence-corrected chi connectivity index (χ3v) is 9.32. The van der Waals surface area contributed by atoms with E-state index in [4.69, 9.17) is 9.94 Å². The maximum atomic E-state index is 13.3. The van der Waals surface area contributed by atoms with Crippen molar-refractivity contribution >= 4 is 25.8 Å². The van der Waals surface area contributed by atoms with Gasteiger partial charge in [0, 0.05) is 12.8 Å². The molecule has 0 radical (unpaired) electrons. The third-order valence-electron chi connectivity index (χ3n) is 5.71. The van der Waals surface area contributed by atoms with Crippen LogP contribution in [0.4, 0.5) is 0 Å². The van der Waals surface area contributed by atoms with Gasteiger partial charge in [0.1, 0.15) is 11.8 Å². The van der Waals surface area contributed by atoms with Crippen LogP contribution in [0.3, 0.4) is 0 Å². The van der Waals surface area contributed by atoms with Crippen LogP contribution in [0.1, 0.15) is 39.5 Å². The molecular weight excluding hydrogens is 444 g/mol. The van der Waals surface area contributed by atoms with Gasteiger partial charge in [-0.25, -0.2) is 22.3 Å². The fourth-order valence-corrected chi connectivity index (χ4v) is 7.24. The summed E-state index contributed by atoms with van der Waals surface area (Å²) in [5.74, 6) is -0.541. The summed E-state index contributed by atoms with van der Waals surface area (Å²) in [4.78, 5) is 12.2. The minimum atomic E-state index is -4.10. The number of hydrogen-bond acceptors (Lipinski definition) is 7. The van der Waals surface area contributed by atoms with Crippen LogP contribution in [-0.4, -0.2) is 63.5 Å². The SMILES string of the molecule is COc1ccc(S(=O)(=O)N2C[C@@H](C(CCCC(C)C)S(C)(=O)=O)C[C@@H]2C(=O)NO)cc1. The lowest BCUT2D eigenvalue weighted by molar-refractivity contribution is -0.132. The van der Waals surface area contributed by atoms with E-state index < -0.39 is 43.0 Å². The first kappa shape index (κ1) is 25.6. The van der Waals surface area contributed by atoms with E-state index in [1.165, 1.54) is 36.9 Å². The minimum Gasteiger partial charge on any atom is -0.497 e. The van der Waals surface area contributed by atoms with Gasteiger partial charge in [0.15, 0.2) is 9.84 Å². The summed E-state index contributed by atoms with van der Waals surface area (Å²) in [5.41, 5.74) is 1.52. The topological polar surface area (TPSA) is 130 Å². The van der Waals surface area contributed by atoms with Crippen LogP contribution in [0.5, 0.6) is 5.75 Å². The number of rotatable bonds is 10. The van der Waals surface area contributed by atoms with E-state index in [2.05, 4.69) is 13.8 Å². The van der Waals surface area contributed by atoms with Crippen molar-refractivity contribution in [3.8, 4) is 5.75 Å². The van der Waals surface area contributed by atoms with E-state index in [0.29, 0.717) is 24.5 Å². The Morgan fingerprint density at radius 3 is 2.29 bits per heavy atom. The van der Waals surface area contributed by atoms with E-state index in [9.17, 15) is 21.6 Å². The quantitative estimate of drug-likeness (QED) is 0.389. The number of sulfone groups is 1. The number of benzene rings is 1. The first-order chi connectivity index (χ1) is 14.4. The van der Waals surface area contributed by atoms with Crippen molar-refractivity contribution < 1.29 is 31.6 Å². The van der Waals surface area contributed by atoms with E-state index in [1.807, 2.05) is 0 Å². The predicted octanol–water partition coefficient (Wildman–Crippen LogP) is 1.82. The molecule has 3 atom stereocenters. The fourth-order valence-electron chi connectivity index (χ4n) is 4.09. The van der Waals surface area contributed by atoms with Crippen molar-refractivity contribution in [2.45, 2.75) is 55.7 Å². The first-order valence-corrected chi connectivity index (χ1v) is 13.6. The first-order valence-electron chi connectivity index (χ1n) is 10.2. The molecular formula is C20H32N2O7S2. The van der Waals surface area contributed by atoms with Crippen LogP contribution < -0.4 is 10.2 Å². The van der Waals surface area contributed by atoms with Gasteiger partial charge in [-0.1, -0.05) is 26.7 Å². The number of sulfonamides is 1. The highest BCUT2D eigenvalue weighted by Gasteiger charge is 2.47. The molecule has 0 aromatic heterocycles. The smallest absolute Gasteiger partial charge is 0.261 e. The van der Waals surface area contributed by atoms with Crippen molar-refractivity contribution in [2.75, 3.05) is 19.9 Å². The van der Waals surface area contributed by atoms with Crippen LogP contribution in [-0.2, 0) is 24.7 Å². The van der Waals surface area contributed by atoms with Gasteiger partial charge >= 0.3 is 0 Å². The Labute approximate surface area is 184 Å². The van der Waals surface area contributed by atoms with Crippen molar-refractivity contribution in [3.05, 3.63) is 24.3 Å². The highest BCUT2D eigenvalue weighted by molar-refractivity contribution is 7.91. The maximum absolute atomic E-state index is 13.3. The van der Waals surface area contributed by atoms with Crippen molar-refractivity contribution in [1.29, 1.82) is 0 Å². The van der Waals surface area contributed by atoms with E-state index in [0.717, 1.165) is 17.0 Å². The second-order valence-electron chi connectivity index (χ2n) is 8.43. The zero-order valence-electron chi connectivity index (χ0n) is 18.3. The second kappa shape index (κ2) is 10.3. The molecule has 1 aromatic carbocycles. The molecule has 1 heterocycles. The van der Waals surface area contributed by atoms with Gasteiger partial charge < -0.3 is 4.74 Å². The molecule has 1 unspecified atom stereocenters. The normalized spacial score (nSPS) is 21.2. The molecule has 2 rings (SSSR count). The lowest BCUT2D eigenvalue weighted by Gasteiger charge is -2.23. The molecule has 176 valence electrons. The number of carbonyl (C=O) groups excluding carboxylic acids is 1. The molecule has 1 aliphatic heterocycles. The monoisotopic (exact) mass is 476 g/mol. The third kappa shape index (κ3) is 6.18. The van der Waals surface area contributed by atoms with Crippen molar-refractivity contribution in [3.63, 3.8) is 0 Å². The van der Waals surface area contributed by atoms with Gasteiger partial charge in [-0.3, -0.25) is 10.0 Å². The molecule has 1 aliphatic rings. The molecule has 1 fully saturated rings. The van der Waals surface area contributed by atoms with Gasteiger partial charge in [0.05, 0.1) is 17.3 Å². The molecule has 2 N–H and O–H groups in total. The number of hydroxylamine groups is 1. The van der Waals surface area contributed by atoms with Crippen LogP contribution in [0.25, 0.3) is 0 Å². The zero-order chi connectivity index (χ0) is 23.4. The van der Waals surface area contributed by atoms with Gasteiger partial charge in [-0.05, 0) is 48.9 Å². The molecule has 31 heavy (non-hydrogen) atoms. The number of amides is 1. The Hall–Kier alpha value is -1.69. The Morgan fingerprint density at radius 2 is 1.81 bits per heavy atom. The van der Waals surface area contributed by atoms with Gasteiger partial charge in [-0.2, -0.15) is 4.31 Å². The number of ether oxygens (including phenoxy) is 1. The predicted molar refractivity (Wildman–Crippen MR) is 116 cm³/mol. The number of hydrogen-bond donors (Lipinski definition) is 2. The molecule has 9 nitrogen and oxygen atoms in total. The maximum Gasteiger partial charge on any atom is 0.261 e. The van der Waals surface area contributed by atoms with E-state index in [-0.39, 0.29) is 17.9 Å². The molecule has 0 aliphatic carbocycles. The lowest BCUT2D eigenvalue weighted by atomic mass is 9.95. The zero-order valence-corrected chi connectivity index (χ0v) is 19.9. The molecule has 0 saturated carbocycles. The van der Waals surface area contributed by atoms with Gasteiger partial charge in [-0.15, -0.1) is 0 Å². The summed E-state index contributed by atoms with van der Waals surface area (Å²) in [7, 11) is -6.12. The molecule has 11 heteroatoms. The molecule has 0 bridgehead atoms. The average Bonchev–Trinajstić information content (AvgIpc) is 3.15. The number of carbonyl (C=O) groups is 1. The van der Waals surface area contributed by atoms with Gasteiger partial charge in [0.25, 0.3) is 5.91 Å². The van der Waals surface area contributed by atoms with Crippen molar-refractivity contribution in [2.24, 2.45) is 11.8 Å². The van der Waals surface area contributed by atoms with Crippen LogP contribution in [0.2, 0.25) is 0 Å². The Bertz CT molecular complexity index is 960. The highest BCUT2D eigenvalue weighted by atomic mass is 32.2. The Morgan fingerprint density at radius 1 is 1.19 bits per heavy atom. The van der Waals surface area contributed by atoms with Gasteiger partial charge in [0.2, 0.25) is 10.0 Å². The summed E-state index contributed by atoms with van der Waals surface area (Å²) >= 11 is 0. The number of nitrogens with zero attached hydrogens (tertiary/aromatic N) is 1. The lowest BCUT2D eigenvalue weighted by Crippen LogP contribution is -2.45. The molecule has 1 aromatic rings. The standard InChI is InChI=1S/C20H32N2O7S2/c1-14(2)6-5-7-19(30(4,25)26)15-12-18(20(23)21-24)22(13-15)31(27,28)17-10-8-16(29-3)9-11-17/h8-11,14-15,18-19,24H,5-7,12-13H2,1-4H3,(H,21,23)/t15-,18+,19?/m0/s1. The second-order valence-corrected chi connectivity index (χ2v) is 12.6. The van der Waals surface area contributed by atoms with E-state index in [1.54, 1.807) is 0 Å². The number of nitrogens with one attached hydrogen (secondary N) is 1. The molecule has 1 amide bonds. The minimum absolute atomic E-state index is 0.0151. The largest absolute Gasteiger partial charge is 0.497 e. The van der Waals surface area contributed by atoms with Crippen LogP contribution in [0, 0.1) is 11.8 Å². The summed E-state index contributed by atoms with van der Waals surface area (Å²) in [6.45, 7) is 3.98. The van der Waals surface area contributed by atoms with E-state index >= 15 is 0 Å². The average molecular weight is 477 g/mol. The molecule has 1 saturated heterocycles. The molecule has 0 spiro atoms. The summed E-state index contributed by atoms with van der Waals surface area (Å²) < 4.78 is 57.6. The van der Waals surface area contributed by atoms with Crippen molar-refractivity contribution in [1.82, 2.24) is 9.79 Å². The fraction of sp³-hybridized carbons (Fsp3) is 0.650. The van der Waals surface area contributed by atoms with Crippen LogP contribution >= 0.6 is 0 Å². The summed E-state index contributed by atoms with van der Waals surface area (Å²) in [6.07, 6.45) is 3.10. The Balaban J connectivity index is 2.36. The highest BCUT2D eigenvalue weighted by Crippen LogP contribution is 2.35. The summed E-state index contributed by atoms with van der Waals surface area (Å²) in [5, 5.41) is 8.38. The summed E-state index contributed by atoms with van der Waals surface area (Å²) in [6, 6.07) is 4.52. The Kier molecular flexibility index (Phi) is 8.48. The van der Waals surface area contributed by atoms with Crippen LogP contribution in [0.15, 0.2) is 29.2 Å².